The second-order valence-electron chi connectivity index (χ2n) is 4.25. The molecule has 90 valence electrons. The summed E-state index contributed by atoms with van der Waals surface area (Å²) in [7, 11) is 0. The highest BCUT2D eigenvalue weighted by Gasteiger charge is 2.03. The van der Waals surface area contributed by atoms with Gasteiger partial charge < -0.3 is 5.73 Å². The Bertz CT molecular complexity index is 686. The van der Waals surface area contributed by atoms with Crippen LogP contribution >= 0.6 is 11.6 Å². The highest BCUT2D eigenvalue weighted by atomic mass is 35.5. The molecule has 0 bridgehead atoms. The van der Waals surface area contributed by atoms with Crippen LogP contribution in [0.5, 0.6) is 0 Å². The van der Waals surface area contributed by atoms with Gasteiger partial charge in [0.05, 0.1) is 18.3 Å². The fraction of sp³-hybridized carbons (Fsp3) is 0.0714. The number of hydrogen-bond donors (Lipinski definition) is 1. The molecule has 0 aliphatic carbocycles. The molecule has 0 fully saturated rings. The van der Waals surface area contributed by atoms with Crippen molar-refractivity contribution >= 4 is 28.2 Å². The summed E-state index contributed by atoms with van der Waals surface area (Å²) in [5.41, 5.74) is 8.76. The van der Waals surface area contributed by atoms with Crippen molar-refractivity contribution in [3.05, 3.63) is 59.2 Å². The Balaban J connectivity index is 1.97. The van der Waals surface area contributed by atoms with Crippen LogP contribution in [-0.4, -0.2) is 9.78 Å². The highest BCUT2D eigenvalue weighted by molar-refractivity contribution is 6.30. The van der Waals surface area contributed by atoms with E-state index in [4.69, 9.17) is 17.3 Å². The maximum Gasteiger partial charge on any atom is 0.0687 e. The molecule has 3 nitrogen and oxygen atoms in total. The SMILES string of the molecule is Nc1ccc2c(cnn2Cc2ccc(Cl)cc2)c1. The van der Waals surface area contributed by atoms with Crippen molar-refractivity contribution in [3.63, 3.8) is 0 Å². The summed E-state index contributed by atoms with van der Waals surface area (Å²) in [6.45, 7) is 0.727. The number of fused-ring (bicyclic) bond motifs is 1. The number of nitrogens with zero attached hydrogens (tertiary/aromatic N) is 2. The number of nitrogen functional groups attached to an aromatic ring is 1. The van der Waals surface area contributed by atoms with Crippen molar-refractivity contribution in [1.82, 2.24) is 9.78 Å². The lowest BCUT2D eigenvalue weighted by molar-refractivity contribution is 0.712. The molecule has 1 heterocycles. The summed E-state index contributed by atoms with van der Waals surface area (Å²) in [5, 5.41) is 6.19. The zero-order chi connectivity index (χ0) is 12.5. The Labute approximate surface area is 110 Å². The van der Waals surface area contributed by atoms with Crippen molar-refractivity contribution in [1.29, 1.82) is 0 Å². The Morgan fingerprint density at radius 2 is 1.89 bits per heavy atom. The number of anilines is 1. The summed E-state index contributed by atoms with van der Waals surface area (Å²) in [6.07, 6.45) is 1.83. The number of hydrogen-bond acceptors (Lipinski definition) is 2. The molecule has 0 aliphatic rings. The van der Waals surface area contributed by atoms with Crippen molar-refractivity contribution in [2.75, 3.05) is 5.73 Å². The molecule has 3 aromatic rings. The molecule has 0 aliphatic heterocycles. The second-order valence-corrected chi connectivity index (χ2v) is 4.68. The smallest absolute Gasteiger partial charge is 0.0687 e. The summed E-state index contributed by atoms with van der Waals surface area (Å²) in [6, 6.07) is 13.6. The molecule has 0 atom stereocenters. The van der Waals surface area contributed by atoms with Gasteiger partial charge in [0.15, 0.2) is 0 Å². The minimum absolute atomic E-state index is 0.727. The Morgan fingerprint density at radius 3 is 2.67 bits per heavy atom. The van der Waals surface area contributed by atoms with Gasteiger partial charge in [0.2, 0.25) is 0 Å². The molecule has 0 amide bonds. The molecule has 2 N–H and O–H groups in total. The van der Waals surface area contributed by atoms with Crippen molar-refractivity contribution in [2.24, 2.45) is 0 Å². The molecular weight excluding hydrogens is 246 g/mol. The second kappa shape index (κ2) is 4.35. The Hall–Kier alpha value is -2.00. The van der Waals surface area contributed by atoms with Crippen LogP contribution in [0.3, 0.4) is 0 Å². The average molecular weight is 258 g/mol. The van der Waals surface area contributed by atoms with Gasteiger partial charge in [-0.25, -0.2) is 0 Å². The highest BCUT2D eigenvalue weighted by Crippen LogP contribution is 2.18. The first-order valence-electron chi connectivity index (χ1n) is 5.68. The van der Waals surface area contributed by atoms with Crippen LogP contribution in [0.4, 0.5) is 5.69 Å². The zero-order valence-electron chi connectivity index (χ0n) is 9.68. The third-order valence-corrected chi connectivity index (χ3v) is 3.16. The quantitative estimate of drug-likeness (QED) is 0.716. The van der Waals surface area contributed by atoms with Gasteiger partial charge in [0, 0.05) is 16.1 Å². The van der Waals surface area contributed by atoms with Crippen LogP contribution in [0.15, 0.2) is 48.7 Å². The number of halogens is 1. The van der Waals surface area contributed by atoms with Crippen molar-refractivity contribution in [2.45, 2.75) is 6.54 Å². The number of rotatable bonds is 2. The molecule has 3 rings (SSSR count). The number of benzene rings is 2. The topological polar surface area (TPSA) is 43.8 Å². The first-order chi connectivity index (χ1) is 8.72. The molecule has 0 spiro atoms. The summed E-state index contributed by atoms with van der Waals surface area (Å²) < 4.78 is 1.96. The minimum Gasteiger partial charge on any atom is -0.399 e. The first kappa shape index (κ1) is 11.1. The largest absolute Gasteiger partial charge is 0.399 e. The van der Waals surface area contributed by atoms with E-state index in [1.54, 1.807) is 0 Å². The molecule has 0 radical (unpaired) electrons. The third-order valence-electron chi connectivity index (χ3n) is 2.91. The molecular formula is C14H12ClN3. The fourth-order valence-corrected chi connectivity index (χ4v) is 2.12. The summed E-state index contributed by atoms with van der Waals surface area (Å²) in [4.78, 5) is 0. The normalized spacial score (nSPS) is 10.9. The average Bonchev–Trinajstić information content (AvgIpc) is 2.74. The maximum atomic E-state index is 5.87. The maximum absolute atomic E-state index is 5.87. The van der Waals surface area contributed by atoms with Crippen LogP contribution in [0.1, 0.15) is 5.56 Å². The molecule has 0 unspecified atom stereocenters. The van der Waals surface area contributed by atoms with Crippen LogP contribution in [0.2, 0.25) is 5.02 Å². The van der Waals surface area contributed by atoms with Crippen molar-refractivity contribution in [3.8, 4) is 0 Å². The van der Waals surface area contributed by atoms with E-state index in [1.807, 2.05) is 53.3 Å². The van der Waals surface area contributed by atoms with Crippen LogP contribution < -0.4 is 5.73 Å². The lowest BCUT2D eigenvalue weighted by atomic mass is 10.2. The molecule has 1 aromatic heterocycles. The van der Waals surface area contributed by atoms with E-state index in [1.165, 1.54) is 5.56 Å². The monoisotopic (exact) mass is 257 g/mol. The molecule has 4 heteroatoms. The molecule has 18 heavy (non-hydrogen) atoms. The molecule has 0 saturated heterocycles. The van der Waals surface area contributed by atoms with Crippen LogP contribution in [0.25, 0.3) is 10.9 Å². The van der Waals surface area contributed by atoms with Crippen molar-refractivity contribution < 1.29 is 0 Å². The van der Waals surface area contributed by atoms with Gasteiger partial charge in [0.1, 0.15) is 0 Å². The fourth-order valence-electron chi connectivity index (χ4n) is 1.99. The molecule has 0 saturated carbocycles. The van der Waals surface area contributed by atoms with Crippen LogP contribution in [-0.2, 0) is 6.54 Å². The standard InChI is InChI=1S/C14H12ClN3/c15-12-3-1-10(2-4-12)9-18-14-6-5-13(16)7-11(14)8-17-18/h1-8H,9,16H2. The van der Waals surface area contributed by atoms with Gasteiger partial charge in [-0.15, -0.1) is 0 Å². The lowest BCUT2D eigenvalue weighted by Gasteiger charge is -2.04. The van der Waals surface area contributed by atoms with Gasteiger partial charge in [0.25, 0.3) is 0 Å². The van der Waals surface area contributed by atoms with E-state index in [-0.39, 0.29) is 0 Å². The Morgan fingerprint density at radius 1 is 1.11 bits per heavy atom. The van der Waals surface area contributed by atoms with E-state index >= 15 is 0 Å². The summed E-state index contributed by atoms with van der Waals surface area (Å²) in [5.74, 6) is 0. The van der Waals surface area contributed by atoms with Gasteiger partial charge in [-0.3, -0.25) is 4.68 Å². The van der Waals surface area contributed by atoms with E-state index < -0.39 is 0 Å². The Kier molecular flexibility index (Phi) is 2.68. The lowest BCUT2D eigenvalue weighted by Crippen LogP contribution is -2.01. The molecule has 2 aromatic carbocycles. The van der Waals surface area contributed by atoms with Crippen LogP contribution in [0, 0.1) is 0 Å². The third kappa shape index (κ3) is 2.05. The van der Waals surface area contributed by atoms with E-state index in [2.05, 4.69) is 5.10 Å². The van der Waals surface area contributed by atoms with Gasteiger partial charge >= 0.3 is 0 Å². The summed E-state index contributed by atoms with van der Waals surface area (Å²) >= 11 is 5.87. The zero-order valence-corrected chi connectivity index (χ0v) is 10.4. The van der Waals surface area contributed by atoms with Gasteiger partial charge in [-0.05, 0) is 35.9 Å². The predicted octanol–water partition coefficient (Wildman–Crippen LogP) is 3.32. The predicted molar refractivity (Wildman–Crippen MR) is 74.7 cm³/mol. The van der Waals surface area contributed by atoms with Gasteiger partial charge in [-0.2, -0.15) is 5.10 Å². The van der Waals surface area contributed by atoms with E-state index in [9.17, 15) is 0 Å². The number of nitrogens with two attached hydrogens (primary N) is 1. The number of aromatic nitrogens is 2. The van der Waals surface area contributed by atoms with E-state index in [0.717, 1.165) is 28.2 Å². The van der Waals surface area contributed by atoms with E-state index in [0.29, 0.717) is 0 Å². The first-order valence-corrected chi connectivity index (χ1v) is 6.06. The minimum atomic E-state index is 0.727. The van der Waals surface area contributed by atoms with Gasteiger partial charge in [-0.1, -0.05) is 23.7 Å².